The predicted octanol–water partition coefficient (Wildman–Crippen LogP) is 4.54. The molecule has 1 aliphatic rings. The van der Waals surface area contributed by atoms with Gasteiger partial charge in [0.2, 0.25) is 5.76 Å². The molecule has 4 aromatic rings. The minimum absolute atomic E-state index is 0.103. The number of halogens is 1. The van der Waals surface area contributed by atoms with E-state index in [0.717, 1.165) is 12.0 Å². The Morgan fingerprint density at radius 2 is 1.93 bits per heavy atom. The first-order chi connectivity index (χ1) is 14.5. The summed E-state index contributed by atoms with van der Waals surface area (Å²) in [6, 6.07) is 11.9. The number of aromatic nitrogens is 1. The molecule has 0 spiro atoms. The number of amides is 1. The van der Waals surface area contributed by atoms with Crippen LogP contribution < -0.4 is 10.3 Å². The van der Waals surface area contributed by atoms with Crippen molar-refractivity contribution in [3.63, 3.8) is 0 Å². The normalized spacial score (nSPS) is 15.8. The standard InChI is InChI=1S/C23H17FN2O4/c1-3-13-8-9-17-15(11-13)21(27)19-20(14-6-4-5-7-16(14)24)26(23(28)22(19)29-17)18-10-12(2)30-25-18/h4-11,20H,3H2,1-2H3/t20-/m1/s1. The van der Waals surface area contributed by atoms with Crippen LogP contribution in [0.15, 0.2) is 62.3 Å². The lowest BCUT2D eigenvalue weighted by Gasteiger charge is -2.22. The number of hydrogen-bond acceptors (Lipinski definition) is 5. The fraction of sp³-hybridized carbons (Fsp3) is 0.174. The van der Waals surface area contributed by atoms with Crippen molar-refractivity contribution >= 4 is 22.7 Å². The molecule has 2 aromatic heterocycles. The number of rotatable bonds is 3. The van der Waals surface area contributed by atoms with Crippen LogP contribution in [-0.4, -0.2) is 11.1 Å². The molecule has 0 aliphatic carbocycles. The van der Waals surface area contributed by atoms with Crippen molar-refractivity contribution in [2.24, 2.45) is 0 Å². The van der Waals surface area contributed by atoms with Crippen LogP contribution in [0.2, 0.25) is 0 Å². The molecule has 30 heavy (non-hydrogen) atoms. The highest BCUT2D eigenvalue weighted by Gasteiger charge is 2.45. The molecule has 0 bridgehead atoms. The summed E-state index contributed by atoms with van der Waals surface area (Å²) in [4.78, 5) is 28.1. The Bertz CT molecular complexity index is 1370. The van der Waals surface area contributed by atoms with Crippen LogP contribution in [0.4, 0.5) is 10.2 Å². The fourth-order valence-electron chi connectivity index (χ4n) is 3.93. The van der Waals surface area contributed by atoms with Crippen molar-refractivity contribution in [1.29, 1.82) is 0 Å². The molecule has 0 N–H and O–H groups in total. The van der Waals surface area contributed by atoms with Crippen LogP contribution in [-0.2, 0) is 6.42 Å². The summed E-state index contributed by atoms with van der Waals surface area (Å²) in [7, 11) is 0. The minimum Gasteiger partial charge on any atom is -0.450 e. The van der Waals surface area contributed by atoms with Crippen molar-refractivity contribution < 1.29 is 18.1 Å². The third-order valence-electron chi connectivity index (χ3n) is 5.40. The number of aryl methyl sites for hydroxylation is 2. The van der Waals surface area contributed by atoms with E-state index in [0.29, 0.717) is 16.7 Å². The Morgan fingerprint density at radius 1 is 1.13 bits per heavy atom. The molecule has 0 radical (unpaired) electrons. The molecule has 1 atom stereocenters. The number of carbonyl (C=O) groups excluding carboxylic acids is 1. The van der Waals surface area contributed by atoms with Gasteiger partial charge in [-0.3, -0.25) is 14.5 Å². The lowest BCUT2D eigenvalue weighted by molar-refractivity contribution is 0.0969. The van der Waals surface area contributed by atoms with Crippen molar-refractivity contribution in [3.05, 3.63) is 92.8 Å². The molecular weight excluding hydrogens is 387 g/mol. The summed E-state index contributed by atoms with van der Waals surface area (Å²) in [6.07, 6.45) is 0.743. The molecule has 0 fully saturated rings. The number of anilines is 1. The molecule has 7 heteroatoms. The van der Waals surface area contributed by atoms with Gasteiger partial charge in [-0.1, -0.05) is 36.3 Å². The van der Waals surface area contributed by atoms with Gasteiger partial charge in [-0.05, 0) is 37.1 Å². The number of carbonyl (C=O) groups is 1. The zero-order valence-corrected chi connectivity index (χ0v) is 16.3. The van der Waals surface area contributed by atoms with E-state index in [-0.39, 0.29) is 28.1 Å². The Kier molecular flexibility index (Phi) is 4.06. The van der Waals surface area contributed by atoms with Gasteiger partial charge in [-0.2, -0.15) is 0 Å². The van der Waals surface area contributed by atoms with Crippen LogP contribution in [0.1, 0.15) is 46.0 Å². The number of nitrogens with zero attached hydrogens (tertiary/aromatic N) is 2. The first kappa shape index (κ1) is 18.3. The van der Waals surface area contributed by atoms with E-state index in [4.69, 9.17) is 8.94 Å². The van der Waals surface area contributed by atoms with E-state index in [2.05, 4.69) is 5.16 Å². The van der Waals surface area contributed by atoms with Crippen molar-refractivity contribution in [2.75, 3.05) is 4.90 Å². The summed E-state index contributed by atoms with van der Waals surface area (Å²) in [5.74, 6) is -0.529. The van der Waals surface area contributed by atoms with E-state index in [1.807, 2.05) is 13.0 Å². The van der Waals surface area contributed by atoms with Crippen LogP contribution in [0.3, 0.4) is 0 Å². The highest BCUT2D eigenvalue weighted by atomic mass is 19.1. The third-order valence-corrected chi connectivity index (χ3v) is 5.40. The van der Waals surface area contributed by atoms with Gasteiger partial charge in [0.25, 0.3) is 5.91 Å². The van der Waals surface area contributed by atoms with Gasteiger partial charge in [0.15, 0.2) is 11.2 Å². The van der Waals surface area contributed by atoms with E-state index in [1.165, 1.54) is 11.0 Å². The maximum Gasteiger partial charge on any atom is 0.296 e. The third kappa shape index (κ3) is 2.58. The van der Waals surface area contributed by atoms with Gasteiger partial charge >= 0.3 is 0 Å². The van der Waals surface area contributed by atoms with E-state index < -0.39 is 17.8 Å². The maximum atomic E-state index is 14.8. The molecule has 3 heterocycles. The van der Waals surface area contributed by atoms with Gasteiger partial charge in [0.1, 0.15) is 17.2 Å². The maximum absolute atomic E-state index is 14.8. The van der Waals surface area contributed by atoms with Gasteiger partial charge in [0.05, 0.1) is 17.0 Å². The molecular formula is C23H17FN2O4. The van der Waals surface area contributed by atoms with Crippen molar-refractivity contribution in [3.8, 4) is 0 Å². The quantitative estimate of drug-likeness (QED) is 0.501. The molecule has 6 nitrogen and oxygen atoms in total. The molecule has 150 valence electrons. The Morgan fingerprint density at radius 3 is 2.63 bits per heavy atom. The summed E-state index contributed by atoms with van der Waals surface area (Å²) in [6.45, 7) is 3.67. The number of hydrogen-bond donors (Lipinski definition) is 0. The first-order valence-electron chi connectivity index (χ1n) is 9.60. The topological polar surface area (TPSA) is 76.6 Å². The van der Waals surface area contributed by atoms with E-state index >= 15 is 0 Å². The zero-order valence-electron chi connectivity index (χ0n) is 16.3. The highest BCUT2D eigenvalue weighted by molar-refractivity contribution is 6.10. The van der Waals surface area contributed by atoms with Gasteiger partial charge in [0, 0.05) is 11.6 Å². The summed E-state index contributed by atoms with van der Waals surface area (Å²) in [5, 5.41) is 4.29. The second-order valence-electron chi connectivity index (χ2n) is 7.25. The van der Waals surface area contributed by atoms with E-state index in [1.54, 1.807) is 43.3 Å². The second-order valence-corrected chi connectivity index (χ2v) is 7.25. The van der Waals surface area contributed by atoms with E-state index in [9.17, 15) is 14.0 Å². The Labute approximate surface area is 170 Å². The first-order valence-corrected chi connectivity index (χ1v) is 9.60. The summed E-state index contributed by atoms with van der Waals surface area (Å²) >= 11 is 0. The lowest BCUT2D eigenvalue weighted by atomic mass is 9.97. The van der Waals surface area contributed by atoms with Crippen molar-refractivity contribution in [2.45, 2.75) is 26.3 Å². The largest absolute Gasteiger partial charge is 0.450 e. The van der Waals surface area contributed by atoms with Gasteiger partial charge < -0.3 is 8.94 Å². The molecule has 5 rings (SSSR count). The zero-order chi connectivity index (χ0) is 21.0. The fourth-order valence-corrected chi connectivity index (χ4v) is 3.93. The Balaban J connectivity index is 1.84. The monoisotopic (exact) mass is 404 g/mol. The van der Waals surface area contributed by atoms with Gasteiger partial charge in [-0.15, -0.1) is 0 Å². The van der Waals surface area contributed by atoms with Crippen molar-refractivity contribution in [1.82, 2.24) is 5.16 Å². The second kappa shape index (κ2) is 6.66. The van der Waals surface area contributed by atoms with Crippen LogP contribution in [0.25, 0.3) is 11.0 Å². The summed E-state index contributed by atoms with van der Waals surface area (Å²) in [5.41, 5.74) is 1.21. The average Bonchev–Trinajstić information content (AvgIpc) is 3.29. The molecule has 2 aromatic carbocycles. The molecule has 0 unspecified atom stereocenters. The van der Waals surface area contributed by atoms with Gasteiger partial charge in [-0.25, -0.2) is 4.39 Å². The smallest absolute Gasteiger partial charge is 0.296 e. The Hall–Kier alpha value is -3.74. The lowest BCUT2D eigenvalue weighted by Crippen LogP contribution is -2.30. The minimum atomic E-state index is -1.01. The molecule has 0 saturated heterocycles. The molecule has 0 saturated carbocycles. The predicted molar refractivity (Wildman–Crippen MR) is 108 cm³/mol. The van der Waals surface area contributed by atoms with Crippen LogP contribution in [0.5, 0.6) is 0 Å². The summed E-state index contributed by atoms with van der Waals surface area (Å²) < 4.78 is 25.8. The van der Waals surface area contributed by atoms with Crippen LogP contribution in [0, 0.1) is 12.7 Å². The van der Waals surface area contributed by atoms with Crippen LogP contribution >= 0.6 is 0 Å². The molecule has 1 aliphatic heterocycles. The SMILES string of the molecule is CCc1ccc2oc3c(c(=O)c2c1)[C@@H](c1ccccc1F)N(c1cc(C)on1)C3=O. The number of fused-ring (bicyclic) bond motifs is 2. The number of benzene rings is 2. The average molecular weight is 404 g/mol. The highest BCUT2D eigenvalue weighted by Crippen LogP contribution is 2.41. The molecule has 1 amide bonds.